The van der Waals surface area contributed by atoms with Crippen LogP contribution >= 0.6 is 0 Å². The summed E-state index contributed by atoms with van der Waals surface area (Å²) < 4.78 is 0. The Morgan fingerprint density at radius 3 is 1.20 bits per heavy atom. The predicted octanol–water partition coefficient (Wildman–Crippen LogP) is -1.10. The molecule has 0 aromatic carbocycles. The number of aliphatic hydroxyl groups excluding tert-OH is 2. The van der Waals surface area contributed by atoms with Crippen molar-refractivity contribution in [2.75, 3.05) is 20.2 Å². The van der Waals surface area contributed by atoms with E-state index in [1.807, 2.05) is 0 Å². The standard InChI is InChI=1S/C3H8O.C2H8N2.CH4O/c1-3(2)4;3-1-2-4;1-2/h3-4H,1-2H3;1-4H2;2H,1H3. The average molecular weight is 152 g/mol. The second kappa shape index (κ2) is 23.2. The van der Waals surface area contributed by atoms with E-state index in [9.17, 15) is 0 Å². The fourth-order valence-corrected chi connectivity index (χ4v) is 0. The minimum absolute atomic E-state index is 0.167. The number of hydrogen-bond donors (Lipinski definition) is 4. The first-order valence-corrected chi connectivity index (χ1v) is 3.18. The largest absolute Gasteiger partial charge is 0.400 e. The molecule has 0 rings (SSSR count). The molecule has 0 aromatic heterocycles. The van der Waals surface area contributed by atoms with Gasteiger partial charge in [0.2, 0.25) is 0 Å². The number of rotatable bonds is 1. The third kappa shape index (κ3) is 520. The van der Waals surface area contributed by atoms with Gasteiger partial charge in [0, 0.05) is 26.3 Å². The summed E-state index contributed by atoms with van der Waals surface area (Å²) in [6.07, 6.45) is -0.167. The molecule has 0 saturated heterocycles. The fourth-order valence-electron chi connectivity index (χ4n) is 0. The van der Waals surface area contributed by atoms with E-state index in [0.717, 1.165) is 7.11 Å². The lowest BCUT2D eigenvalue weighted by atomic mass is 10.5. The van der Waals surface area contributed by atoms with E-state index in [0.29, 0.717) is 13.1 Å². The van der Waals surface area contributed by atoms with Crippen LogP contribution in [-0.4, -0.2) is 36.5 Å². The number of hydrogen-bond acceptors (Lipinski definition) is 4. The molecule has 6 N–H and O–H groups in total. The molecule has 0 spiro atoms. The van der Waals surface area contributed by atoms with Crippen molar-refractivity contribution in [3.05, 3.63) is 0 Å². The van der Waals surface area contributed by atoms with Crippen molar-refractivity contribution in [3.8, 4) is 0 Å². The Hall–Kier alpha value is -0.160. The summed E-state index contributed by atoms with van der Waals surface area (Å²) >= 11 is 0. The maximum Gasteiger partial charge on any atom is 0.0483 e. The van der Waals surface area contributed by atoms with Crippen LogP contribution in [0, 0.1) is 0 Å². The Bertz CT molecular complexity index is 30.2. The molecule has 4 nitrogen and oxygen atoms in total. The van der Waals surface area contributed by atoms with E-state index in [4.69, 9.17) is 21.7 Å². The number of nitrogens with two attached hydrogens (primary N) is 2. The summed E-state index contributed by atoms with van der Waals surface area (Å²) in [5.74, 6) is 0. The molecule has 4 heteroatoms. The predicted molar refractivity (Wildman–Crippen MR) is 43.6 cm³/mol. The van der Waals surface area contributed by atoms with Gasteiger partial charge in [-0.1, -0.05) is 0 Å². The summed E-state index contributed by atoms with van der Waals surface area (Å²) in [6, 6.07) is 0. The van der Waals surface area contributed by atoms with Crippen molar-refractivity contribution >= 4 is 0 Å². The van der Waals surface area contributed by atoms with Gasteiger partial charge in [-0.25, -0.2) is 0 Å². The van der Waals surface area contributed by atoms with Crippen LogP contribution in [0.5, 0.6) is 0 Å². The molecule has 0 amide bonds. The van der Waals surface area contributed by atoms with Crippen molar-refractivity contribution in [1.82, 2.24) is 0 Å². The third-order valence-corrected chi connectivity index (χ3v) is 0.167. The molecule has 0 aromatic rings. The van der Waals surface area contributed by atoms with Crippen LogP contribution in [0.15, 0.2) is 0 Å². The first kappa shape index (κ1) is 16.4. The van der Waals surface area contributed by atoms with E-state index in [1.54, 1.807) is 13.8 Å². The molecule has 0 aliphatic heterocycles. The monoisotopic (exact) mass is 152 g/mol. The van der Waals surface area contributed by atoms with Crippen LogP contribution in [0.4, 0.5) is 0 Å². The topological polar surface area (TPSA) is 92.5 Å². The molecule has 0 radical (unpaired) electrons. The SMILES string of the molecule is CC(C)O.CO.NCCN. The first-order chi connectivity index (χ1) is 4.65. The second-order valence-corrected chi connectivity index (χ2v) is 1.67. The molecule has 0 heterocycles. The first-order valence-electron chi connectivity index (χ1n) is 3.18. The Kier molecular flexibility index (Phi) is 38.1. The zero-order chi connectivity index (χ0) is 8.99. The second-order valence-electron chi connectivity index (χ2n) is 1.67. The molecule has 0 saturated carbocycles. The Morgan fingerprint density at radius 2 is 1.20 bits per heavy atom. The molecule has 0 aliphatic rings. The van der Waals surface area contributed by atoms with Crippen molar-refractivity contribution in [1.29, 1.82) is 0 Å². The highest BCUT2D eigenvalue weighted by Crippen LogP contribution is 1.65. The Labute approximate surface area is 62.8 Å². The molecule has 0 unspecified atom stereocenters. The fraction of sp³-hybridized carbons (Fsp3) is 1.00. The van der Waals surface area contributed by atoms with Crippen molar-refractivity contribution < 1.29 is 10.2 Å². The van der Waals surface area contributed by atoms with Gasteiger partial charge in [0.05, 0.1) is 0 Å². The highest BCUT2D eigenvalue weighted by atomic mass is 16.3. The van der Waals surface area contributed by atoms with E-state index < -0.39 is 0 Å². The van der Waals surface area contributed by atoms with Gasteiger partial charge in [0.15, 0.2) is 0 Å². The van der Waals surface area contributed by atoms with Gasteiger partial charge in [-0.15, -0.1) is 0 Å². The average Bonchev–Trinajstić information content (AvgIpc) is 1.91. The lowest BCUT2D eigenvalue weighted by Crippen LogP contribution is -2.11. The Balaban J connectivity index is -0.0000000787. The van der Waals surface area contributed by atoms with Crippen LogP contribution < -0.4 is 11.5 Å². The van der Waals surface area contributed by atoms with Gasteiger partial charge in [0.1, 0.15) is 0 Å². The maximum absolute atomic E-state index is 8.06. The normalized spacial score (nSPS) is 7.20. The van der Waals surface area contributed by atoms with E-state index in [2.05, 4.69) is 0 Å². The summed E-state index contributed by atoms with van der Waals surface area (Å²) in [6.45, 7) is 4.64. The van der Waals surface area contributed by atoms with Gasteiger partial charge in [0.25, 0.3) is 0 Å². The minimum Gasteiger partial charge on any atom is -0.400 e. The molecular formula is C6H20N2O2. The lowest BCUT2D eigenvalue weighted by Gasteiger charge is -1.80. The van der Waals surface area contributed by atoms with Crippen molar-refractivity contribution in [2.24, 2.45) is 11.5 Å². The van der Waals surface area contributed by atoms with Crippen molar-refractivity contribution in [2.45, 2.75) is 20.0 Å². The third-order valence-electron chi connectivity index (χ3n) is 0.167. The zero-order valence-corrected chi connectivity index (χ0v) is 7.04. The summed E-state index contributed by atoms with van der Waals surface area (Å²) in [5.41, 5.74) is 9.81. The highest BCUT2D eigenvalue weighted by Gasteiger charge is 1.69. The Morgan fingerprint density at radius 1 is 1.10 bits per heavy atom. The zero-order valence-electron chi connectivity index (χ0n) is 7.04. The van der Waals surface area contributed by atoms with Crippen LogP contribution in [0.2, 0.25) is 0 Å². The summed E-state index contributed by atoms with van der Waals surface area (Å²) in [7, 11) is 1.00. The molecular weight excluding hydrogens is 132 g/mol. The van der Waals surface area contributed by atoms with Crippen LogP contribution in [0.1, 0.15) is 13.8 Å². The quantitative estimate of drug-likeness (QED) is 0.384. The van der Waals surface area contributed by atoms with E-state index in [-0.39, 0.29) is 6.10 Å². The molecule has 10 heavy (non-hydrogen) atoms. The minimum atomic E-state index is -0.167. The van der Waals surface area contributed by atoms with Crippen molar-refractivity contribution in [3.63, 3.8) is 0 Å². The van der Waals surface area contributed by atoms with E-state index in [1.165, 1.54) is 0 Å². The summed E-state index contributed by atoms with van der Waals surface area (Å²) in [5, 5.41) is 15.1. The molecule has 0 atom stereocenters. The van der Waals surface area contributed by atoms with Crippen LogP contribution in [0.3, 0.4) is 0 Å². The summed E-state index contributed by atoms with van der Waals surface area (Å²) in [4.78, 5) is 0. The van der Waals surface area contributed by atoms with Gasteiger partial charge < -0.3 is 21.7 Å². The maximum atomic E-state index is 8.06. The molecule has 66 valence electrons. The van der Waals surface area contributed by atoms with Crippen LogP contribution in [0.25, 0.3) is 0 Å². The van der Waals surface area contributed by atoms with Gasteiger partial charge >= 0.3 is 0 Å². The highest BCUT2D eigenvalue weighted by molar-refractivity contribution is 4.26. The number of aliphatic hydroxyl groups is 2. The van der Waals surface area contributed by atoms with Gasteiger partial charge in [-0.2, -0.15) is 0 Å². The lowest BCUT2D eigenvalue weighted by molar-refractivity contribution is 0.216. The molecule has 0 aliphatic carbocycles. The molecule has 0 bridgehead atoms. The van der Waals surface area contributed by atoms with E-state index >= 15 is 0 Å². The van der Waals surface area contributed by atoms with Gasteiger partial charge in [-0.3, -0.25) is 0 Å². The smallest absolute Gasteiger partial charge is 0.0483 e. The van der Waals surface area contributed by atoms with Crippen LogP contribution in [-0.2, 0) is 0 Å². The molecule has 0 fully saturated rings. The van der Waals surface area contributed by atoms with Gasteiger partial charge in [-0.05, 0) is 13.8 Å².